The second-order valence-electron chi connectivity index (χ2n) is 5.05. The minimum atomic E-state index is -0.421. The van der Waals surface area contributed by atoms with Gasteiger partial charge < -0.3 is 15.2 Å². The van der Waals surface area contributed by atoms with Crippen LogP contribution in [0.1, 0.15) is 27.0 Å². The van der Waals surface area contributed by atoms with Gasteiger partial charge in [-0.2, -0.15) is 0 Å². The van der Waals surface area contributed by atoms with Crippen LogP contribution in [-0.4, -0.2) is 13.1 Å². The molecule has 4 nitrogen and oxygen atoms in total. The van der Waals surface area contributed by atoms with Crippen molar-refractivity contribution in [3.63, 3.8) is 0 Å². The first kappa shape index (κ1) is 14.9. The van der Waals surface area contributed by atoms with Gasteiger partial charge in [-0.25, -0.2) is 4.79 Å². The fourth-order valence-electron chi connectivity index (χ4n) is 2.11. The Kier molecular flexibility index (Phi) is 4.17. The molecule has 2 aromatic carbocycles. The summed E-state index contributed by atoms with van der Waals surface area (Å²) in [4.78, 5) is 11.5. The summed E-state index contributed by atoms with van der Waals surface area (Å²) in [6.07, 6.45) is 0. The Morgan fingerprint density at radius 3 is 2.38 bits per heavy atom. The summed E-state index contributed by atoms with van der Waals surface area (Å²) in [5, 5.41) is 0. The Hall–Kier alpha value is -2.49. The van der Waals surface area contributed by atoms with Gasteiger partial charge in [0.1, 0.15) is 11.5 Å². The van der Waals surface area contributed by atoms with Crippen molar-refractivity contribution in [1.29, 1.82) is 0 Å². The first-order valence-electron chi connectivity index (χ1n) is 6.66. The first-order chi connectivity index (χ1) is 9.92. The van der Waals surface area contributed by atoms with Gasteiger partial charge in [-0.15, -0.1) is 0 Å². The van der Waals surface area contributed by atoms with Gasteiger partial charge >= 0.3 is 5.97 Å². The van der Waals surface area contributed by atoms with Crippen molar-refractivity contribution >= 4 is 11.7 Å². The number of carbonyl (C=O) groups is 1. The maximum Gasteiger partial charge on any atom is 0.337 e. The van der Waals surface area contributed by atoms with Gasteiger partial charge in [0, 0.05) is 0 Å². The highest BCUT2D eigenvalue weighted by Crippen LogP contribution is 2.32. The Bertz CT molecular complexity index is 693. The molecule has 0 amide bonds. The van der Waals surface area contributed by atoms with Crippen molar-refractivity contribution in [2.24, 2.45) is 0 Å². The maximum atomic E-state index is 11.5. The number of anilines is 1. The lowest BCUT2D eigenvalue weighted by atomic mass is 10.1. The van der Waals surface area contributed by atoms with Crippen molar-refractivity contribution < 1.29 is 14.3 Å². The number of hydrogen-bond acceptors (Lipinski definition) is 4. The lowest BCUT2D eigenvalue weighted by Gasteiger charge is -2.14. The molecule has 110 valence electrons. The van der Waals surface area contributed by atoms with Crippen LogP contribution in [0.5, 0.6) is 11.5 Å². The Morgan fingerprint density at radius 2 is 1.76 bits per heavy atom. The van der Waals surface area contributed by atoms with E-state index in [-0.39, 0.29) is 0 Å². The molecule has 0 aromatic heterocycles. The summed E-state index contributed by atoms with van der Waals surface area (Å²) in [6, 6.07) is 8.94. The van der Waals surface area contributed by atoms with Crippen LogP contribution in [0.3, 0.4) is 0 Å². The zero-order valence-electron chi connectivity index (χ0n) is 12.7. The highest BCUT2D eigenvalue weighted by Gasteiger charge is 2.11. The van der Waals surface area contributed by atoms with Crippen molar-refractivity contribution in [3.8, 4) is 11.5 Å². The molecule has 2 aromatic rings. The number of ether oxygens (including phenoxy) is 2. The van der Waals surface area contributed by atoms with Gasteiger partial charge in [0.05, 0.1) is 18.4 Å². The molecular formula is C17H19NO3. The number of carbonyl (C=O) groups excluding carboxylic acids is 1. The Morgan fingerprint density at radius 1 is 1.05 bits per heavy atom. The van der Waals surface area contributed by atoms with E-state index < -0.39 is 5.97 Å². The average Bonchev–Trinajstić information content (AvgIpc) is 2.45. The molecule has 0 radical (unpaired) electrons. The maximum absolute atomic E-state index is 11.5. The highest BCUT2D eigenvalue weighted by molar-refractivity contribution is 5.90. The molecule has 0 heterocycles. The molecule has 0 fully saturated rings. The molecule has 0 unspecified atom stereocenters. The van der Waals surface area contributed by atoms with Crippen LogP contribution in [0.2, 0.25) is 0 Å². The van der Waals surface area contributed by atoms with E-state index in [9.17, 15) is 4.79 Å². The molecule has 2 rings (SSSR count). The van der Waals surface area contributed by atoms with Gasteiger partial charge in [-0.05, 0) is 61.7 Å². The summed E-state index contributed by atoms with van der Waals surface area (Å²) in [5.41, 5.74) is 10.1. The van der Waals surface area contributed by atoms with Crippen LogP contribution < -0.4 is 10.5 Å². The molecule has 0 saturated carbocycles. The number of nitrogens with two attached hydrogens (primary N) is 1. The summed E-state index contributed by atoms with van der Waals surface area (Å²) < 4.78 is 10.6. The normalized spacial score (nSPS) is 10.3. The van der Waals surface area contributed by atoms with E-state index >= 15 is 0 Å². The fraction of sp³-hybridized carbons (Fsp3) is 0.235. The summed E-state index contributed by atoms with van der Waals surface area (Å²) in [6.45, 7) is 6.06. The predicted molar refractivity (Wildman–Crippen MR) is 82.9 cm³/mol. The van der Waals surface area contributed by atoms with Crippen LogP contribution in [0.25, 0.3) is 0 Å². The molecule has 0 bridgehead atoms. The fourth-order valence-corrected chi connectivity index (χ4v) is 2.11. The van der Waals surface area contributed by atoms with E-state index in [1.165, 1.54) is 7.11 Å². The van der Waals surface area contributed by atoms with Crippen molar-refractivity contribution in [1.82, 2.24) is 0 Å². The third-order valence-corrected chi connectivity index (χ3v) is 3.41. The number of esters is 1. The highest BCUT2D eigenvalue weighted by atomic mass is 16.5. The average molecular weight is 285 g/mol. The number of nitrogen functional groups attached to an aromatic ring is 1. The Labute approximate surface area is 124 Å². The molecule has 0 aliphatic heterocycles. The lowest BCUT2D eigenvalue weighted by Crippen LogP contribution is -2.03. The van der Waals surface area contributed by atoms with Gasteiger partial charge in [0.15, 0.2) is 0 Å². The predicted octanol–water partition coefficient (Wildman–Crippen LogP) is 3.77. The minimum absolute atomic E-state index is 0.399. The van der Waals surface area contributed by atoms with E-state index in [1.807, 2.05) is 26.8 Å². The third-order valence-electron chi connectivity index (χ3n) is 3.41. The van der Waals surface area contributed by atoms with Gasteiger partial charge in [-0.1, -0.05) is 6.07 Å². The van der Waals surface area contributed by atoms with E-state index in [0.717, 1.165) is 22.4 Å². The number of rotatable bonds is 3. The van der Waals surface area contributed by atoms with Crippen LogP contribution in [0, 0.1) is 20.8 Å². The molecule has 0 saturated heterocycles. The van der Waals surface area contributed by atoms with Crippen molar-refractivity contribution in [2.45, 2.75) is 20.8 Å². The van der Waals surface area contributed by atoms with Gasteiger partial charge in [0.2, 0.25) is 0 Å². The molecule has 0 aliphatic rings. The standard InChI is InChI=1S/C17H19NO3/c1-10-7-11(2)12(3)16(8-10)21-15-6-5-13(9-14(15)18)17(19)20-4/h5-9H,18H2,1-4H3. The number of hydrogen-bond donors (Lipinski definition) is 1. The van der Waals surface area contributed by atoms with Crippen LogP contribution in [0.15, 0.2) is 30.3 Å². The molecule has 0 atom stereocenters. The molecule has 21 heavy (non-hydrogen) atoms. The van der Waals surface area contributed by atoms with E-state index in [1.54, 1.807) is 18.2 Å². The number of methoxy groups -OCH3 is 1. The number of benzene rings is 2. The lowest BCUT2D eigenvalue weighted by molar-refractivity contribution is 0.0601. The summed E-state index contributed by atoms with van der Waals surface area (Å²) >= 11 is 0. The topological polar surface area (TPSA) is 61.5 Å². The first-order valence-corrected chi connectivity index (χ1v) is 6.66. The van der Waals surface area contributed by atoms with Crippen molar-refractivity contribution in [3.05, 3.63) is 52.6 Å². The SMILES string of the molecule is COC(=O)c1ccc(Oc2cc(C)cc(C)c2C)c(N)c1. The van der Waals surface area contributed by atoms with Crippen molar-refractivity contribution in [2.75, 3.05) is 12.8 Å². The van der Waals surface area contributed by atoms with Crippen LogP contribution in [0.4, 0.5) is 5.69 Å². The van der Waals surface area contributed by atoms with Gasteiger partial charge in [-0.3, -0.25) is 0 Å². The van der Waals surface area contributed by atoms with Crippen LogP contribution in [-0.2, 0) is 4.74 Å². The molecule has 4 heteroatoms. The number of aryl methyl sites for hydroxylation is 2. The zero-order chi connectivity index (χ0) is 15.6. The molecule has 0 aliphatic carbocycles. The van der Waals surface area contributed by atoms with E-state index in [0.29, 0.717) is 17.0 Å². The molecule has 2 N–H and O–H groups in total. The largest absolute Gasteiger partial charge is 0.465 e. The van der Waals surface area contributed by atoms with Gasteiger partial charge in [0.25, 0.3) is 0 Å². The second-order valence-corrected chi connectivity index (χ2v) is 5.05. The second kappa shape index (κ2) is 5.87. The quantitative estimate of drug-likeness (QED) is 0.688. The molecule has 0 spiro atoms. The van der Waals surface area contributed by atoms with Crippen LogP contribution >= 0.6 is 0 Å². The van der Waals surface area contributed by atoms with E-state index in [4.69, 9.17) is 10.5 Å². The van der Waals surface area contributed by atoms with E-state index in [2.05, 4.69) is 10.8 Å². The third kappa shape index (κ3) is 3.16. The monoisotopic (exact) mass is 285 g/mol. The zero-order valence-corrected chi connectivity index (χ0v) is 12.7. The molecular weight excluding hydrogens is 266 g/mol. The summed E-state index contributed by atoms with van der Waals surface area (Å²) in [5.74, 6) is 0.872. The Balaban J connectivity index is 2.35. The minimum Gasteiger partial charge on any atom is -0.465 e. The summed E-state index contributed by atoms with van der Waals surface area (Å²) in [7, 11) is 1.34. The smallest absolute Gasteiger partial charge is 0.337 e.